The molecular formula is C22H28N4O3. The van der Waals surface area contributed by atoms with E-state index >= 15 is 0 Å². The van der Waals surface area contributed by atoms with Crippen LogP contribution in [-0.4, -0.2) is 47.8 Å². The van der Waals surface area contributed by atoms with Gasteiger partial charge in [-0.2, -0.15) is 5.10 Å². The van der Waals surface area contributed by atoms with E-state index in [2.05, 4.69) is 29.4 Å². The molecule has 7 heteroatoms. The molecule has 154 valence electrons. The molecule has 2 unspecified atom stereocenters. The minimum absolute atomic E-state index is 0.000290. The van der Waals surface area contributed by atoms with Crippen molar-refractivity contribution in [2.45, 2.75) is 45.2 Å². The van der Waals surface area contributed by atoms with E-state index in [0.717, 1.165) is 18.4 Å². The number of benzene rings is 1. The normalized spacial score (nSPS) is 19.2. The zero-order chi connectivity index (χ0) is 20.6. The fourth-order valence-corrected chi connectivity index (χ4v) is 3.61. The van der Waals surface area contributed by atoms with Crippen LogP contribution < -0.4 is 14.9 Å². The minimum Gasteiger partial charge on any atom is -0.493 e. The first-order valence-electron chi connectivity index (χ1n) is 9.90. The number of piperidine rings is 1. The number of methoxy groups -OCH3 is 1. The Bertz CT molecular complexity index is 831. The second-order valence-electron chi connectivity index (χ2n) is 7.21. The van der Waals surface area contributed by atoms with Crippen LogP contribution in [0.5, 0.6) is 11.5 Å². The number of carbonyl (C=O) groups is 1. The Kier molecular flexibility index (Phi) is 7.05. The highest BCUT2D eigenvalue weighted by Crippen LogP contribution is 2.28. The molecule has 0 aliphatic carbocycles. The van der Waals surface area contributed by atoms with Crippen molar-refractivity contribution in [3.63, 3.8) is 0 Å². The molecule has 1 amide bonds. The van der Waals surface area contributed by atoms with Gasteiger partial charge >= 0.3 is 0 Å². The lowest BCUT2D eigenvalue weighted by Gasteiger charge is -2.39. The van der Waals surface area contributed by atoms with Crippen molar-refractivity contribution >= 4 is 17.9 Å². The highest BCUT2D eigenvalue weighted by molar-refractivity contribution is 5.82. The number of nitrogens with zero attached hydrogens (tertiary/aromatic N) is 3. The Morgan fingerprint density at radius 2 is 2.03 bits per heavy atom. The third kappa shape index (κ3) is 5.47. The third-order valence-corrected chi connectivity index (χ3v) is 5.08. The fraction of sp³-hybridized carbons (Fsp3) is 0.409. The van der Waals surface area contributed by atoms with E-state index < -0.39 is 0 Å². The predicted molar refractivity (Wildman–Crippen MR) is 114 cm³/mol. The SMILES string of the molecule is COc1cc(/C=N/Nc2ccccn2)ccc1OCC(=O)N1C(C)CCCC1C. The van der Waals surface area contributed by atoms with Crippen LogP contribution in [0.1, 0.15) is 38.7 Å². The summed E-state index contributed by atoms with van der Waals surface area (Å²) in [6.45, 7) is 4.20. The van der Waals surface area contributed by atoms with E-state index in [1.54, 1.807) is 25.6 Å². The second-order valence-corrected chi connectivity index (χ2v) is 7.21. The van der Waals surface area contributed by atoms with Crippen molar-refractivity contribution in [2.75, 3.05) is 19.1 Å². The van der Waals surface area contributed by atoms with Gasteiger partial charge in [-0.1, -0.05) is 6.07 Å². The zero-order valence-electron chi connectivity index (χ0n) is 17.2. The maximum atomic E-state index is 12.7. The molecule has 7 nitrogen and oxygen atoms in total. The van der Waals surface area contributed by atoms with Crippen LogP contribution in [0.15, 0.2) is 47.7 Å². The summed E-state index contributed by atoms with van der Waals surface area (Å²) in [6, 6.07) is 11.5. The van der Waals surface area contributed by atoms with Crippen LogP contribution in [0.2, 0.25) is 0 Å². The molecule has 0 bridgehead atoms. The molecule has 1 aromatic carbocycles. The quantitative estimate of drug-likeness (QED) is 0.570. The Hall–Kier alpha value is -3.09. The first-order chi connectivity index (χ1) is 14.1. The number of amides is 1. The van der Waals surface area contributed by atoms with Crippen LogP contribution >= 0.6 is 0 Å². The van der Waals surface area contributed by atoms with E-state index in [9.17, 15) is 4.79 Å². The molecule has 2 aromatic rings. The third-order valence-electron chi connectivity index (χ3n) is 5.08. The number of hydrogen-bond acceptors (Lipinski definition) is 6. The highest BCUT2D eigenvalue weighted by Gasteiger charge is 2.29. The molecule has 3 rings (SSSR count). The summed E-state index contributed by atoms with van der Waals surface area (Å²) < 4.78 is 11.2. The molecule has 1 fully saturated rings. The van der Waals surface area contributed by atoms with Gasteiger partial charge in [-0.05, 0) is 69.0 Å². The van der Waals surface area contributed by atoms with E-state index in [1.165, 1.54) is 6.42 Å². The Morgan fingerprint density at radius 1 is 1.24 bits per heavy atom. The lowest BCUT2D eigenvalue weighted by Crippen LogP contribution is -2.49. The topological polar surface area (TPSA) is 76.0 Å². The molecule has 1 saturated heterocycles. The molecule has 1 aliphatic heterocycles. The van der Waals surface area contributed by atoms with Gasteiger partial charge in [-0.15, -0.1) is 0 Å². The van der Waals surface area contributed by atoms with Crippen LogP contribution in [0.25, 0.3) is 0 Å². The summed E-state index contributed by atoms with van der Waals surface area (Å²) in [6.07, 6.45) is 6.61. The number of likely N-dealkylation sites (tertiary alicyclic amines) is 1. The average molecular weight is 396 g/mol. The van der Waals surface area contributed by atoms with Gasteiger partial charge in [-0.25, -0.2) is 4.98 Å². The smallest absolute Gasteiger partial charge is 0.260 e. The molecule has 0 saturated carbocycles. The van der Waals surface area contributed by atoms with Crippen molar-refractivity contribution in [1.29, 1.82) is 0 Å². The highest BCUT2D eigenvalue weighted by atomic mass is 16.5. The van der Waals surface area contributed by atoms with Crippen molar-refractivity contribution in [3.05, 3.63) is 48.2 Å². The minimum atomic E-state index is -0.000290. The van der Waals surface area contributed by atoms with Crippen LogP contribution in [0.4, 0.5) is 5.82 Å². The monoisotopic (exact) mass is 396 g/mol. The van der Waals surface area contributed by atoms with Gasteiger partial charge in [0.15, 0.2) is 18.1 Å². The van der Waals surface area contributed by atoms with Gasteiger partial charge in [0.25, 0.3) is 5.91 Å². The Labute approximate surface area is 171 Å². The number of hydrogen-bond donors (Lipinski definition) is 1. The molecule has 0 spiro atoms. The first kappa shape index (κ1) is 20.6. The maximum Gasteiger partial charge on any atom is 0.260 e. The fourth-order valence-electron chi connectivity index (χ4n) is 3.61. The predicted octanol–water partition coefficient (Wildman–Crippen LogP) is 3.70. The summed E-state index contributed by atoms with van der Waals surface area (Å²) >= 11 is 0. The van der Waals surface area contributed by atoms with Crippen molar-refractivity contribution < 1.29 is 14.3 Å². The van der Waals surface area contributed by atoms with Crippen molar-refractivity contribution in [3.8, 4) is 11.5 Å². The van der Waals surface area contributed by atoms with Crippen molar-refractivity contribution in [1.82, 2.24) is 9.88 Å². The first-order valence-corrected chi connectivity index (χ1v) is 9.90. The molecular weight excluding hydrogens is 368 g/mol. The van der Waals surface area contributed by atoms with Crippen molar-refractivity contribution in [2.24, 2.45) is 5.10 Å². The maximum absolute atomic E-state index is 12.7. The van der Waals surface area contributed by atoms with Gasteiger partial charge in [0.2, 0.25) is 0 Å². The lowest BCUT2D eigenvalue weighted by molar-refractivity contribution is -0.139. The summed E-state index contributed by atoms with van der Waals surface area (Å²) in [5, 5.41) is 4.17. The summed E-state index contributed by atoms with van der Waals surface area (Å²) in [4.78, 5) is 18.7. The molecule has 1 aromatic heterocycles. The molecule has 2 heterocycles. The van der Waals surface area contributed by atoms with Gasteiger partial charge < -0.3 is 14.4 Å². The molecule has 0 radical (unpaired) electrons. The summed E-state index contributed by atoms with van der Waals surface area (Å²) in [5.41, 5.74) is 3.70. The number of hydrazone groups is 1. The Balaban J connectivity index is 1.60. The van der Waals surface area contributed by atoms with Gasteiger partial charge in [0, 0.05) is 18.3 Å². The standard InChI is InChI=1S/C22H28N4O3/c1-16-7-6-8-17(2)26(16)22(27)15-29-19-11-10-18(13-20(19)28-3)14-24-25-21-9-4-5-12-23-21/h4-5,9-14,16-17H,6-8,15H2,1-3H3,(H,23,25)/b24-14+. The number of carbonyl (C=O) groups excluding carboxylic acids is 1. The van der Waals surface area contributed by atoms with E-state index in [1.807, 2.05) is 35.2 Å². The number of pyridine rings is 1. The molecule has 1 N–H and O–H groups in total. The number of ether oxygens (including phenoxy) is 2. The number of anilines is 1. The summed E-state index contributed by atoms with van der Waals surface area (Å²) in [7, 11) is 1.58. The number of nitrogens with one attached hydrogen (secondary N) is 1. The van der Waals surface area contributed by atoms with Gasteiger partial charge in [0.05, 0.1) is 13.3 Å². The number of aromatic nitrogens is 1. The van der Waals surface area contributed by atoms with E-state index in [4.69, 9.17) is 9.47 Å². The van der Waals surface area contributed by atoms with Crippen LogP contribution in [0.3, 0.4) is 0 Å². The van der Waals surface area contributed by atoms with Gasteiger partial charge in [-0.3, -0.25) is 10.2 Å². The largest absolute Gasteiger partial charge is 0.493 e. The molecule has 1 aliphatic rings. The summed E-state index contributed by atoms with van der Waals surface area (Å²) in [5.74, 6) is 1.76. The number of rotatable bonds is 7. The zero-order valence-corrected chi connectivity index (χ0v) is 17.2. The average Bonchev–Trinajstić information content (AvgIpc) is 2.73. The van der Waals surface area contributed by atoms with E-state index in [0.29, 0.717) is 17.3 Å². The molecule has 29 heavy (non-hydrogen) atoms. The lowest BCUT2D eigenvalue weighted by atomic mass is 9.97. The Morgan fingerprint density at radius 3 is 2.72 bits per heavy atom. The second kappa shape index (κ2) is 9.91. The molecule has 2 atom stereocenters. The van der Waals surface area contributed by atoms with Gasteiger partial charge in [0.1, 0.15) is 5.82 Å². The van der Waals surface area contributed by atoms with E-state index in [-0.39, 0.29) is 24.6 Å². The van der Waals surface area contributed by atoms with Crippen LogP contribution in [0, 0.1) is 0 Å². The van der Waals surface area contributed by atoms with Crippen LogP contribution in [-0.2, 0) is 4.79 Å².